The number of allylic oxidation sites excluding steroid dienone is 1. The number of carbonyl (C=O) groups is 1. The van der Waals surface area contributed by atoms with E-state index in [0.717, 1.165) is 17.8 Å². The molecule has 0 aliphatic carbocycles. The predicted octanol–water partition coefficient (Wildman–Crippen LogP) is 3.17. The molecule has 0 atom stereocenters. The number of rotatable bonds is 3. The van der Waals surface area contributed by atoms with Gasteiger partial charge in [-0.25, -0.2) is 9.37 Å². The van der Waals surface area contributed by atoms with E-state index in [9.17, 15) is 9.18 Å². The van der Waals surface area contributed by atoms with Gasteiger partial charge >= 0.3 is 0 Å². The van der Waals surface area contributed by atoms with Gasteiger partial charge in [0.05, 0.1) is 6.20 Å². The lowest BCUT2D eigenvalue weighted by molar-refractivity contribution is 0.104. The van der Waals surface area contributed by atoms with Crippen LogP contribution in [0.3, 0.4) is 0 Å². The molecule has 0 radical (unpaired) electrons. The molecule has 0 aliphatic rings. The van der Waals surface area contributed by atoms with Crippen molar-refractivity contribution in [3.05, 3.63) is 65.0 Å². The van der Waals surface area contributed by atoms with Crippen LogP contribution in [0.15, 0.2) is 42.9 Å². The molecular formula is C13H8ClFN2O. The van der Waals surface area contributed by atoms with Crippen molar-refractivity contribution in [2.45, 2.75) is 0 Å². The number of hydrogen-bond acceptors (Lipinski definition) is 3. The summed E-state index contributed by atoms with van der Waals surface area (Å²) in [4.78, 5) is 19.2. The Labute approximate surface area is 108 Å². The minimum absolute atomic E-state index is 0.202. The van der Waals surface area contributed by atoms with Crippen LogP contribution in [0.2, 0.25) is 5.15 Å². The quantitative estimate of drug-likeness (QED) is 0.485. The van der Waals surface area contributed by atoms with Crippen molar-refractivity contribution < 1.29 is 9.18 Å². The van der Waals surface area contributed by atoms with Gasteiger partial charge in [-0.15, -0.1) is 0 Å². The summed E-state index contributed by atoms with van der Waals surface area (Å²) in [7, 11) is 0. The van der Waals surface area contributed by atoms with Gasteiger partial charge in [-0.1, -0.05) is 17.7 Å². The molecule has 0 N–H and O–H groups in total. The summed E-state index contributed by atoms with van der Waals surface area (Å²) in [5, 5.41) is 0.382. The highest BCUT2D eigenvalue weighted by Crippen LogP contribution is 2.08. The Morgan fingerprint density at radius 2 is 2.11 bits per heavy atom. The first-order valence-electron chi connectivity index (χ1n) is 5.10. The minimum Gasteiger partial charge on any atom is -0.289 e. The van der Waals surface area contributed by atoms with Crippen LogP contribution in [0, 0.1) is 5.82 Å². The summed E-state index contributed by atoms with van der Waals surface area (Å²) in [5.74, 6) is -0.862. The highest BCUT2D eigenvalue weighted by Gasteiger charge is 2.03. The van der Waals surface area contributed by atoms with Gasteiger partial charge in [0.2, 0.25) is 0 Å². The maximum absolute atomic E-state index is 12.9. The first-order valence-corrected chi connectivity index (χ1v) is 5.47. The molecule has 0 aliphatic heterocycles. The Bertz CT molecular complexity index is 596. The van der Waals surface area contributed by atoms with E-state index in [1.54, 1.807) is 18.2 Å². The van der Waals surface area contributed by atoms with E-state index in [4.69, 9.17) is 11.6 Å². The molecule has 0 bridgehead atoms. The van der Waals surface area contributed by atoms with E-state index < -0.39 is 5.82 Å². The fraction of sp³-hybridized carbons (Fsp3) is 0. The van der Waals surface area contributed by atoms with Crippen LogP contribution in [0.25, 0.3) is 6.08 Å². The van der Waals surface area contributed by atoms with Gasteiger partial charge in [-0.05, 0) is 29.8 Å². The highest BCUT2D eigenvalue weighted by molar-refractivity contribution is 6.29. The van der Waals surface area contributed by atoms with E-state index >= 15 is 0 Å². The SMILES string of the molecule is O=C(C=Cc1ccc(Cl)nc1)c1cncc(F)c1. The molecule has 2 heterocycles. The molecule has 3 nitrogen and oxygen atoms in total. The highest BCUT2D eigenvalue weighted by atomic mass is 35.5. The van der Waals surface area contributed by atoms with Gasteiger partial charge < -0.3 is 0 Å². The fourth-order valence-corrected chi connectivity index (χ4v) is 1.41. The van der Waals surface area contributed by atoms with Crippen molar-refractivity contribution >= 4 is 23.5 Å². The van der Waals surface area contributed by atoms with Gasteiger partial charge in [-0.3, -0.25) is 9.78 Å². The Kier molecular flexibility index (Phi) is 3.79. The first-order chi connectivity index (χ1) is 8.65. The number of halogens is 2. The van der Waals surface area contributed by atoms with Crippen LogP contribution in [0.4, 0.5) is 4.39 Å². The topological polar surface area (TPSA) is 42.9 Å². The van der Waals surface area contributed by atoms with Crippen LogP contribution in [0.1, 0.15) is 15.9 Å². The van der Waals surface area contributed by atoms with Gasteiger partial charge in [-0.2, -0.15) is 0 Å². The Morgan fingerprint density at radius 3 is 2.78 bits per heavy atom. The standard InChI is InChI=1S/C13H8ClFN2O/c14-13-4-2-9(6-17-13)1-3-12(18)10-5-11(15)8-16-7-10/h1-8H. The Hall–Kier alpha value is -2.07. The molecule has 0 amide bonds. The average molecular weight is 263 g/mol. The molecule has 0 saturated heterocycles. The van der Waals surface area contributed by atoms with Crippen LogP contribution in [0.5, 0.6) is 0 Å². The molecule has 18 heavy (non-hydrogen) atoms. The van der Waals surface area contributed by atoms with Crippen LogP contribution >= 0.6 is 11.6 Å². The van der Waals surface area contributed by atoms with Crippen LogP contribution in [-0.4, -0.2) is 15.8 Å². The third-order valence-electron chi connectivity index (χ3n) is 2.17. The lowest BCUT2D eigenvalue weighted by Crippen LogP contribution is -1.96. The average Bonchev–Trinajstić information content (AvgIpc) is 2.38. The molecule has 0 saturated carbocycles. The van der Waals surface area contributed by atoms with Crippen LogP contribution < -0.4 is 0 Å². The van der Waals surface area contributed by atoms with Gasteiger partial charge in [0.15, 0.2) is 5.78 Å². The number of hydrogen-bond donors (Lipinski definition) is 0. The molecule has 2 aromatic rings. The molecule has 5 heteroatoms. The Balaban J connectivity index is 2.14. The summed E-state index contributed by atoms with van der Waals surface area (Å²) in [6.45, 7) is 0. The zero-order chi connectivity index (χ0) is 13.0. The summed E-state index contributed by atoms with van der Waals surface area (Å²) in [6, 6.07) is 4.48. The third-order valence-corrected chi connectivity index (χ3v) is 2.39. The normalized spacial score (nSPS) is 10.8. The van der Waals surface area contributed by atoms with Crippen molar-refractivity contribution in [1.82, 2.24) is 9.97 Å². The number of carbonyl (C=O) groups excluding carboxylic acids is 1. The maximum Gasteiger partial charge on any atom is 0.187 e. The van der Waals surface area contributed by atoms with Gasteiger partial charge in [0, 0.05) is 18.0 Å². The van der Waals surface area contributed by atoms with Gasteiger partial charge in [0.1, 0.15) is 11.0 Å². The second-order valence-corrected chi connectivity index (χ2v) is 3.89. The van der Waals surface area contributed by atoms with E-state index in [2.05, 4.69) is 9.97 Å². The summed E-state index contributed by atoms with van der Waals surface area (Å²) < 4.78 is 12.9. The molecule has 90 valence electrons. The summed E-state index contributed by atoms with van der Waals surface area (Å²) in [5.41, 5.74) is 0.935. The second kappa shape index (κ2) is 5.51. The Morgan fingerprint density at radius 1 is 1.28 bits per heavy atom. The first kappa shape index (κ1) is 12.4. The second-order valence-electron chi connectivity index (χ2n) is 3.50. The molecule has 2 aromatic heterocycles. The third kappa shape index (κ3) is 3.21. The van der Waals surface area contributed by atoms with Gasteiger partial charge in [0.25, 0.3) is 0 Å². The lowest BCUT2D eigenvalue weighted by Gasteiger charge is -1.95. The minimum atomic E-state index is -0.539. The molecule has 0 aromatic carbocycles. The maximum atomic E-state index is 12.9. The van der Waals surface area contributed by atoms with Crippen molar-refractivity contribution in [2.24, 2.45) is 0 Å². The van der Waals surface area contributed by atoms with Crippen LogP contribution in [-0.2, 0) is 0 Å². The van der Waals surface area contributed by atoms with Crippen molar-refractivity contribution in [1.29, 1.82) is 0 Å². The summed E-state index contributed by atoms with van der Waals surface area (Å²) >= 11 is 5.64. The fourth-order valence-electron chi connectivity index (χ4n) is 1.30. The smallest absolute Gasteiger partial charge is 0.187 e. The number of aromatic nitrogens is 2. The predicted molar refractivity (Wildman–Crippen MR) is 66.8 cm³/mol. The number of ketones is 1. The molecule has 0 spiro atoms. The van der Waals surface area contributed by atoms with E-state index in [-0.39, 0.29) is 11.3 Å². The van der Waals surface area contributed by atoms with Crippen molar-refractivity contribution in [3.63, 3.8) is 0 Å². The zero-order valence-electron chi connectivity index (χ0n) is 9.18. The number of nitrogens with zero attached hydrogens (tertiary/aromatic N) is 2. The summed E-state index contributed by atoms with van der Waals surface area (Å²) in [6.07, 6.45) is 6.81. The van der Waals surface area contributed by atoms with E-state index in [1.807, 2.05) is 0 Å². The van der Waals surface area contributed by atoms with E-state index in [1.165, 1.54) is 18.5 Å². The molecule has 0 fully saturated rings. The molecule has 0 unspecified atom stereocenters. The van der Waals surface area contributed by atoms with E-state index in [0.29, 0.717) is 5.15 Å². The van der Waals surface area contributed by atoms with Crippen molar-refractivity contribution in [2.75, 3.05) is 0 Å². The largest absolute Gasteiger partial charge is 0.289 e. The lowest BCUT2D eigenvalue weighted by atomic mass is 10.1. The molecule has 2 rings (SSSR count). The monoisotopic (exact) mass is 262 g/mol. The zero-order valence-corrected chi connectivity index (χ0v) is 9.93. The molecular weight excluding hydrogens is 255 g/mol. The number of pyridine rings is 2. The van der Waals surface area contributed by atoms with Crippen molar-refractivity contribution in [3.8, 4) is 0 Å².